The largest absolute Gasteiger partial charge is 0.497 e. The van der Waals surface area contributed by atoms with Crippen molar-refractivity contribution < 1.29 is 37.4 Å². The molecule has 280 valence electrons. The number of aliphatic hydroxyl groups excluding tert-OH is 1. The lowest BCUT2D eigenvalue weighted by Gasteiger charge is -2.39. The molecular formula is C36H57N5O8S. The topological polar surface area (TPSA) is 172 Å². The maximum absolute atomic E-state index is 14.2. The van der Waals surface area contributed by atoms with Crippen molar-refractivity contribution in [3.05, 3.63) is 60.2 Å². The number of benzene rings is 2. The van der Waals surface area contributed by atoms with Gasteiger partial charge in [0.15, 0.2) is 0 Å². The number of nitrogens with two attached hydrogens (primary N) is 1. The third kappa shape index (κ3) is 12.0. The third-order valence-electron chi connectivity index (χ3n) is 8.37. The summed E-state index contributed by atoms with van der Waals surface area (Å²) in [6.07, 6.45) is -1.66. The second kappa shape index (κ2) is 18.5. The van der Waals surface area contributed by atoms with Crippen LogP contribution in [0.15, 0.2) is 59.5 Å². The molecule has 14 heteroatoms. The molecule has 0 bridgehead atoms. The first kappa shape index (κ1) is 42.4. The average Bonchev–Trinajstić information content (AvgIpc) is 3.06. The molecule has 2 rings (SSSR count). The number of rotatable bonds is 16. The highest BCUT2D eigenvalue weighted by Gasteiger charge is 2.39. The van der Waals surface area contributed by atoms with Crippen LogP contribution in [-0.2, 0) is 30.8 Å². The minimum absolute atomic E-state index is 0.00444. The normalized spacial score (nSPS) is 15.1. The van der Waals surface area contributed by atoms with E-state index in [-0.39, 0.29) is 29.7 Å². The van der Waals surface area contributed by atoms with Gasteiger partial charge in [-0.25, -0.2) is 18.2 Å². The van der Waals surface area contributed by atoms with Crippen molar-refractivity contribution in [1.82, 2.24) is 19.6 Å². The van der Waals surface area contributed by atoms with Crippen LogP contribution in [0, 0.1) is 11.8 Å². The molecule has 3 amide bonds. The molecule has 0 heterocycles. The van der Waals surface area contributed by atoms with Gasteiger partial charge in [-0.05, 0) is 75.8 Å². The van der Waals surface area contributed by atoms with Crippen molar-refractivity contribution in [3.8, 4) is 5.75 Å². The molecule has 0 spiro atoms. The van der Waals surface area contributed by atoms with Crippen LogP contribution < -0.4 is 15.9 Å². The maximum atomic E-state index is 14.2. The summed E-state index contributed by atoms with van der Waals surface area (Å²) < 4.78 is 39.8. The second-order valence-corrected chi connectivity index (χ2v) is 16.0. The Morgan fingerprint density at radius 1 is 0.960 bits per heavy atom. The highest BCUT2D eigenvalue weighted by atomic mass is 32.2. The SMILES string of the molecule is CC[C@H](C)[C@H](N)C(=O)N(NC(=O)[C@@H](C)N(C)C(=O)OC(C)(C)C)C(Cc1ccccc1)[C@H](O)CN(CC(C)C)S(=O)(=O)c1ccc(OC)cc1. The van der Waals surface area contributed by atoms with Gasteiger partial charge < -0.3 is 20.3 Å². The number of carbonyl (C=O) groups is 3. The van der Waals surface area contributed by atoms with Gasteiger partial charge in [0.2, 0.25) is 10.0 Å². The number of methoxy groups -OCH3 is 1. The summed E-state index contributed by atoms with van der Waals surface area (Å²) in [5.74, 6) is -1.35. The van der Waals surface area contributed by atoms with Crippen LogP contribution in [0.1, 0.15) is 67.4 Å². The number of hydrazine groups is 1. The van der Waals surface area contributed by atoms with E-state index >= 15 is 0 Å². The molecule has 50 heavy (non-hydrogen) atoms. The molecule has 0 saturated heterocycles. The Bertz CT molecular complexity index is 1500. The van der Waals surface area contributed by atoms with Gasteiger partial charge in [0.25, 0.3) is 11.8 Å². The minimum Gasteiger partial charge on any atom is -0.497 e. The van der Waals surface area contributed by atoms with Crippen LogP contribution in [0.25, 0.3) is 0 Å². The number of carbonyl (C=O) groups excluding carboxylic acids is 3. The molecule has 0 aliphatic carbocycles. The fourth-order valence-electron chi connectivity index (χ4n) is 5.00. The molecule has 13 nitrogen and oxygen atoms in total. The van der Waals surface area contributed by atoms with E-state index in [2.05, 4.69) is 5.43 Å². The lowest BCUT2D eigenvalue weighted by Crippen LogP contribution is -2.64. The third-order valence-corrected chi connectivity index (χ3v) is 10.2. The van der Waals surface area contributed by atoms with Gasteiger partial charge in [-0.2, -0.15) is 4.31 Å². The van der Waals surface area contributed by atoms with Crippen LogP contribution >= 0.6 is 0 Å². The Morgan fingerprint density at radius 2 is 1.54 bits per heavy atom. The van der Waals surface area contributed by atoms with E-state index in [0.29, 0.717) is 17.7 Å². The van der Waals surface area contributed by atoms with Crippen molar-refractivity contribution in [3.63, 3.8) is 0 Å². The quantitative estimate of drug-likeness (QED) is 0.218. The molecular weight excluding hydrogens is 662 g/mol. The molecule has 0 aliphatic heterocycles. The smallest absolute Gasteiger partial charge is 0.410 e. The highest BCUT2D eigenvalue weighted by Crippen LogP contribution is 2.23. The molecule has 0 aliphatic rings. The van der Waals surface area contributed by atoms with Gasteiger partial charge in [-0.15, -0.1) is 0 Å². The van der Waals surface area contributed by atoms with Crippen molar-refractivity contribution in [2.45, 2.75) is 103 Å². The lowest BCUT2D eigenvalue weighted by atomic mass is 9.96. The van der Waals surface area contributed by atoms with Gasteiger partial charge in [-0.1, -0.05) is 64.4 Å². The predicted molar refractivity (Wildman–Crippen MR) is 192 cm³/mol. The Morgan fingerprint density at radius 3 is 2.04 bits per heavy atom. The Labute approximate surface area is 298 Å². The summed E-state index contributed by atoms with van der Waals surface area (Å²) in [5.41, 5.74) is 8.99. The van der Waals surface area contributed by atoms with Crippen LogP contribution in [-0.4, -0.2) is 103 Å². The second-order valence-electron chi connectivity index (χ2n) is 14.1. The molecule has 5 atom stereocenters. The van der Waals surface area contributed by atoms with Gasteiger partial charge in [-0.3, -0.25) is 19.9 Å². The predicted octanol–water partition coefficient (Wildman–Crippen LogP) is 3.80. The van der Waals surface area contributed by atoms with Crippen molar-refractivity contribution in [2.24, 2.45) is 17.6 Å². The van der Waals surface area contributed by atoms with Crippen molar-refractivity contribution in [2.75, 3.05) is 27.2 Å². The molecule has 2 aromatic carbocycles. The van der Waals surface area contributed by atoms with E-state index in [1.54, 1.807) is 52.0 Å². The monoisotopic (exact) mass is 719 g/mol. The molecule has 0 aromatic heterocycles. The van der Waals surface area contributed by atoms with E-state index in [1.165, 1.54) is 49.7 Å². The Balaban J connectivity index is 2.63. The molecule has 0 fully saturated rings. The van der Waals surface area contributed by atoms with E-state index in [9.17, 15) is 27.9 Å². The minimum atomic E-state index is -4.13. The number of ether oxygens (including phenoxy) is 2. The number of hydrogen-bond acceptors (Lipinski definition) is 9. The molecule has 1 unspecified atom stereocenters. The van der Waals surface area contributed by atoms with Crippen molar-refractivity contribution >= 4 is 27.9 Å². The first-order valence-electron chi connectivity index (χ1n) is 16.9. The zero-order valence-electron chi connectivity index (χ0n) is 31.1. The maximum Gasteiger partial charge on any atom is 0.410 e. The summed E-state index contributed by atoms with van der Waals surface area (Å²) in [7, 11) is -1.25. The van der Waals surface area contributed by atoms with Gasteiger partial charge in [0, 0.05) is 20.1 Å². The number of hydrogen-bond donors (Lipinski definition) is 3. The van der Waals surface area contributed by atoms with Crippen LogP contribution in [0.4, 0.5) is 4.79 Å². The highest BCUT2D eigenvalue weighted by molar-refractivity contribution is 7.89. The Hall–Kier alpha value is -3.72. The van der Waals surface area contributed by atoms with E-state index < -0.39 is 64.3 Å². The number of nitrogens with one attached hydrogen (secondary N) is 1. The van der Waals surface area contributed by atoms with Crippen LogP contribution in [0.2, 0.25) is 0 Å². The standard InChI is InChI=1S/C36H57N5O8S/c1-11-25(4)32(37)34(44)41(38-33(43)26(5)39(9)35(45)49-36(6,7)8)30(21-27-15-13-12-14-16-27)31(42)23-40(22-24(2)3)50(46,47)29-19-17-28(48-10)18-20-29/h12-20,24-26,30-32,42H,11,21-23,37H2,1-10H3,(H,38,43)/t25-,26+,30?,31+,32-/m0/s1. The summed E-state index contributed by atoms with van der Waals surface area (Å²) in [5, 5.41) is 13.0. The number of aliphatic hydroxyl groups is 1. The lowest BCUT2D eigenvalue weighted by molar-refractivity contribution is -0.151. The number of amides is 3. The summed E-state index contributed by atoms with van der Waals surface area (Å²) >= 11 is 0. The zero-order valence-corrected chi connectivity index (χ0v) is 31.9. The van der Waals surface area contributed by atoms with Gasteiger partial charge in [0.1, 0.15) is 17.4 Å². The molecule has 4 N–H and O–H groups in total. The van der Waals surface area contributed by atoms with Crippen LogP contribution in [0.5, 0.6) is 5.75 Å². The number of likely N-dealkylation sites (N-methyl/N-ethyl adjacent to an activating group) is 1. The number of nitrogens with zero attached hydrogens (tertiary/aromatic N) is 3. The van der Waals surface area contributed by atoms with Crippen molar-refractivity contribution in [1.29, 1.82) is 0 Å². The molecule has 2 aromatic rings. The first-order valence-corrected chi connectivity index (χ1v) is 18.4. The Kier molecular flexibility index (Phi) is 15.7. The number of sulfonamides is 1. The fourth-order valence-corrected chi connectivity index (χ4v) is 6.62. The van der Waals surface area contributed by atoms with Gasteiger partial charge in [0.05, 0.1) is 30.2 Å². The fraction of sp³-hybridized carbons (Fsp3) is 0.583. The average molecular weight is 720 g/mol. The van der Waals surface area contributed by atoms with Gasteiger partial charge >= 0.3 is 6.09 Å². The van der Waals surface area contributed by atoms with E-state index in [4.69, 9.17) is 15.2 Å². The van der Waals surface area contributed by atoms with E-state index in [1.807, 2.05) is 26.8 Å². The summed E-state index contributed by atoms with van der Waals surface area (Å²) in [6.45, 7) is 13.6. The first-order chi connectivity index (χ1) is 23.2. The molecule has 0 saturated carbocycles. The summed E-state index contributed by atoms with van der Waals surface area (Å²) in [4.78, 5) is 41.9. The molecule has 0 radical (unpaired) electrons. The van der Waals surface area contributed by atoms with E-state index in [0.717, 1.165) is 9.91 Å². The zero-order chi connectivity index (χ0) is 38.0. The van der Waals surface area contributed by atoms with Crippen LogP contribution in [0.3, 0.4) is 0 Å². The summed E-state index contributed by atoms with van der Waals surface area (Å²) in [6, 6.07) is 11.6.